The smallest absolute Gasteiger partial charge is 0.186 e. The Bertz CT molecular complexity index is 1010. The van der Waals surface area contributed by atoms with Gasteiger partial charge < -0.3 is 4.74 Å². The summed E-state index contributed by atoms with van der Waals surface area (Å²) in [6, 6.07) is 12.1. The number of rotatable bonds is 4. The van der Waals surface area contributed by atoms with Gasteiger partial charge in [0.2, 0.25) is 0 Å². The number of halogens is 1. The number of nitrogens with zero attached hydrogens (tertiary/aromatic N) is 5. The standard InChI is InChI=1S/C16H12BrN5OS/c1-22-15(19-20-21-22)14-12-5-3-2-4-10(12)6-7-13(14)23-8-11-9-24-16(17)18-11/h2-7,9H,8H2,1H3. The van der Waals surface area contributed by atoms with Crippen LogP contribution >= 0.6 is 27.3 Å². The third-order valence-electron chi connectivity index (χ3n) is 3.63. The molecule has 0 aliphatic carbocycles. The molecule has 8 heteroatoms. The second-order valence-electron chi connectivity index (χ2n) is 5.17. The van der Waals surface area contributed by atoms with E-state index in [1.165, 1.54) is 11.3 Å². The minimum atomic E-state index is 0.388. The molecule has 0 aliphatic heterocycles. The summed E-state index contributed by atoms with van der Waals surface area (Å²) in [5.74, 6) is 1.40. The van der Waals surface area contributed by atoms with Crippen LogP contribution in [0.4, 0.5) is 0 Å². The number of hydrogen-bond donors (Lipinski definition) is 0. The highest BCUT2D eigenvalue weighted by atomic mass is 79.9. The first-order valence-electron chi connectivity index (χ1n) is 7.19. The highest BCUT2D eigenvalue weighted by Crippen LogP contribution is 2.36. The number of hydrogen-bond acceptors (Lipinski definition) is 6. The summed E-state index contributed by atoms with van der Waals surface area (Å²) < 4.78 is 8.53. The first kappa shape index (κ1) is 15.2. The molecule has 4 rings (SSSR count). The lowest BCUT2D eigenvalue weighted by Gasteiger charge is -2.12. The molecule has 6 nitrogen and oxygen atoms in total. The van der Waals surface area contributed by atoms with Crippen LogP contribution < -0.4 is 4.74 Å². The van der Waals surface area contributed by atoms with E-state index in [9.17, 15) is 0 Å². The molecule has 0 fully saturated rings. The van der Waals surface area contributed by atoms with Crippen molar-refractivity contribution in [2.75, 3.05) is 0 Å². The minimum absolute atomic E-state index is 0.388. The van der Waals surface area contributed by atoms with Crippen LogP contribution in [0.25, 0.3) is 22.2 Å². The number of benzene rings is 2. The molecule has 4 aromatic rings. The number of tetrazole rings is 1. The van der Waals surface area contributed by atoms with Crippen molar-refractivity contribution in [3.63, 3.8) is 0 Å². The Morgan fingerprint density at radius 2 is 2.08 bits per heavy atom. The molecule has 0 saturated carbocycles. The van der Waals surface area contributed by atoms with Gasteiger partial charge in [0.15, 0.2) is 9.74 Å². The molecule has 2 aromatic carbocycles. The van der Waals surface area contributed by atoms with Crippen molar-refractivity contribution in [3.8, 4) is 17.1 Å². The SMILES string of the molecule is Cn1nnnc1-c1c(OCc2csc(Br)n2)ccc2ccccc12. The molecule has 0 amide bonds. The van der Waals surface area contributed by atoms with Crippen LogP contribution in [0, 0.1) is 0 Å². The zero-order valence-corrected chi connectivity index (χ0v) is 15.1. The highest BCUT2D eigenvalue weighted by molar-refractivity contribution is 9.11. The van der Waals surface area contributed by atoms with Gasteiger partial charge in [-0.25, -0.2) is 9.67 Å². The zero-order chi connectivity index (χ0) is 16.5. The molecule has 120 valence electrons. The lowest BCUT2D eigenvalue weighted by molar-refractivity contribution is 0.303. The van der Waals surface area contributed by atoms with Gasteiger partial charge >= 0.3 is 0 Å². The van der Waals surface area contributed by atoms with E-state index in [4.69, 9.17) is 4.74 Å². The van der Waals surface area contributed by atoms with E-state index < -0.39 is 0 Å². The van der Waals surface area contributed by atoms with Crippen LogP contribution in [-0.2, 0) is 13.7 Å². The molecule has 24 heavy (non-hydrogen) atoms. The number of aryl methyl sites for hydroxylation is 1. The Kier molecular flexibility index (Phi) is 3.99. The Morgan fingerprint density at radius 1 is 1.21 bits per heavy atom. The molecule has 0 aliphatic rings. The van der Waals surface area contributed by atoms with Crippen molar-refractivity contribution in [3.05, 3.63) is 51.4 Å². The Hall–Kier alpha value is -2.32. The molecule has 0 atom stereocenters. The van der Waals surface area contributed by atoms with Gasteiger partial charge in [0.05, 0.1) is 11.3 Å². The van der Waals surface area contributed by atoms with Gasteiger partial charge in [0.1, 0.15) is 12.4 Å². The van der Waals surface area contributed by atoms with E-state index in [2.05, 4.69) is 42.5 Å². The minimum Gasteiger partial charge on any atom is -0.486 e. The van der Waals surface area contributed by atoms with Crippen LogP contribution in [0.2, 0.25) is 0 Å². The largest absolute Gasteiger partial charge is 0.486 e. The Morgan fingerprint density at radius 3 is 2.83 bits per heavy atom. The van der Waals surface area contributed by atoms with Crippen molar-refractivity contribution in [2.24, 2.45) is 7.05 Å². The fourth-order valence-electron chi connectivity index (χ4n) is 2.54. The summed E-state index contributed by atoms with van der Waals surface area (Å²) in [5.41, 5.74) is 1.76. The maximum Gasteiger partial charge on any atom is 0.186 e. The third kappa shape index (κ3) is 2.78. The van der Waals surface area contributed by atoms with E-state index in [-0.39, 0.29) is 0 Å². The summed E-state index contributed by atoms with van der Waals surface area (Å²) >= 11 is 4.90. The van der Waals surface area contributed by atoms with Gasteiger partial charge in [-0.15, -0.1) is 16.4 Å². The highest BCUT2D eigenvalue weighted by Gasteiger charge is 2.17. The van der Waals surface area contributed by atoms with Gasteiger partial charge in [-0.2, -0.15) is 0 Å². The maximum atomic E-state index is 6.04. The van der Waals surface area contributed by atoms with Crippen LogP contribution in [0.15, 0.2) is 45.7 Å². The lowest BCUT2D eigenvalue weighted by atomic mass is 10.0. The fraction of sp³-hybridized carbons (Fsp3) is 0.125. The lowest BCUT2D eigenvalue weighted by Crippen LogP contribution is -2.01. The molecular formula is C16H12BrN5OS. The van der Waals surface area contributed by atoms with Crippen molar-refractivity contribution in [1.82, 2.24) is 25.2 Å². The first-order chi connectivity index (χ1) is 11.7. The van der Waals surface area contributed by atoms with E-state index in [0.29, 0.717) is 12.4 Å². The summed E-state index contributed by atoms with van der Waals surface area (Å²) in [6.45, 7) is 0.388. The van der Waals surface area contributed by atoms with Gasteiger partial charge in [0.25, 0.3) is 0 Å². The Balaban J connectivity index is 1.81. The number of aromatic nitrogens is 5. The number of thiazole rings is 1. The first-order valence-corrected chi connectivity index (χ1v) is 8.87. The van der Waals surface area contributed by atoms with Crippen molar-refractivity contribution >= 4 is 38.0 Å². The van der Waals surface area contributed by atoms with Gasteiger partial charge in [-0.1, -0.05) is 30.3 Å². The number of ether oxygens (including phenoxy) is 1. The molecule has 2 heterocycles. The van der Waals surface area contributed by atoms with E-state index in [1.54, 1.807) is 4.68 Å². The molecule has 0 spiro atoms. The van der Waals surface area contributed by atoms with E-state index in [1.807, 2.05) is 42.8 Å². The topological polar surface area (TPSA) is 65.7 Å². The second kappa shape index (κ2) is 6.29. The Labute approximate surface area is 150 Å². The normalized spacial score (nSPS) is 11.1. The van der Waals surface area contributed by atoms with Crippen molar-refractivity contribution in [2.45, 2.75) is 6.61 Å². The molecule has 0 unspecified atom stereocenters. The van der Waals surface area contributed by atoms with Crippen LogP contribution in [0.5, 0.6) is 5.75 Å². The quantitative estimate of drug-likeness (QED) is 0.519. The molecule has 0 bridgehead atoms. The third-order valence-corrected chi connectivity index (χ3v) is 5.05. The summed E-state index contributed by atoms with van der Waals surface area (Å²) in [7, 11) is 1.82. The average Bonchev–Trinajstić information content (AvgIpc) is 3.20. The van der Waals surface area contributed by atoms with E-state index in [0.717, 1.165) is 31.7 Å². The van der Waals surface area contributed by atoms with Crippen LogP contribution in [-0.4, -0.2) is 25.2 Å². The summed E-state index contributed by atoms with van der Waals surface area (Å²) in [6.07, 6.45) is 0. The predicted octanol–water partition coefficient (Wildman–Crippen LogP) is 3.83. The van der Waals surface area contributed by atoms with Crippen molar-refractivity contribution < 1.29 is 4.74 Å². The summed E-state index contributed by atoms with van der Waals surface area (Å²) in [4.78, 5) is 4.36. The molecule has 0 N–H and O–H groups in total. The average molecular weight is 402 g/mol. The van der Waals surface area contributed by atoms with E-state index >= 15 is 0 Å². The maximum absolute atomic E-state index is 6.04. The van der Waals surface area contributed by atoms with Crippen LogP contribution in [0.1, 0.15) is 5.69 Å². The monoisotopic (exact) mass is 401 g/mol. The second-order valence-corrected chi connectivity index (χ2v) is 7.30. The van der Waals surface area contributed by atoms with Gasteiger partial charge in [0, 0.05) is 12.4 Å². The van der Waals surface area contributed by atoms with Gasteiger partial charge in [-0.3, -0.25) is 0 Å². The molecule has 0 saturated heterocycles. The van der Waals surface area contributed by atoms with Crippen LogP contribution in [0.3, 0.4) is 0 Å². The predicted molar refractivity (Wildman–Crippen MR) is 95.9 cm³/mol. The molecule has 0 radical (unpaired) electrons. The molecule has 2 aromatic heterocycles. The zero-order valence-electron chi connectivity index (χ0n) is 12.7. The van der Waals surface area contributed by atoms with Crippen molar-refractivity contribution in [1.29, 1.82) is 0 Å². The molecular weight excluding hydrogens is 390 g/mol. The summed E-state index contributed by atoms with van der Waals surface area (Å²) in [5, 5.41) is 16.0. The van der Waals surface area contributed by atoms with Gasteiger partial charge in [-0.05, 0) is 43.2 Å². The number of fused-ring (bicyclic) bond motifs is 1. The fourth-order valence-corrected chi connectivity index (χ4v) is 3.58.